The largest absolute Gasteiger partial charge is 0.369 e. The lowest BCUT2D eigenvalue weighted by atomic mass is 10.0. The summed E-state index contributed by atoms with van der Waals surface area (Å²) >= 11 is 0. The van der Waals surface area contributed by atoms with Gasteiger partial charge in [0.2, 0.25) is 5.91 Å². The minimum Gasteiger partial charge on any atom is -0.369 e. The number of rotatable bonds is 4. The SMILES string of the molecule is NC(=O)CN1CCC(NC2CNC2)CC1. The van der Waals surface area contributed by atoms with Crippen LogP contribution in [0.25, 0.3) is 0 Å². The molecule has 4 N–H and O–H groups in total. The zero-order valence-corrected chi connectivity index (χ0v) is 9.04. The lowest BCUT2D eigenvalue weighted by molar-refractivity contribution is -0.119. The molecule has 2 aliphatic heterocycles. The molecule has 0 bridgehead atoms. The van der Waals surface area contributed by atoms with Gasteiger partial charge in [-0.05, 0) is 12.8 Å². The molecule has 1 amide bonds. The van der Waals surface area contributed by atoms with E-state index in [-0.39, 0.29) is 5.91 Å². The molecule has 2 fully saturated rings. The molecular weight excluding hydrogens is 192 g/mol. The molecule has 2 heterocycles. The quantitative estimate of drug-likeness (QED) is 0.530. The normalized spacial score (nSPS) is 25.1. The molecule has 86 valence electrons. The second-order valence-corrected chi connectivity index (χ2v) is 4.54. The van der Waals surface area contributed by atoms with Crippen LogP contribution in [0.3, 0.4) is 0 Å². The number of carbonyl (C=O) groups is 1. The monoisotopic (exact) mass is 212 g/mol. The van der Waals surface area contributed by atoms with Crippen molar-refractivity contribution in [2.75, 3.05) is 32.7 Å². The minimum atomic E-state index is -0.218. The van der Waals surface area contributed by atoms with Crippen LogP contribution in [-0.4, -0.2) is 55.6 Å². The van der Waals surface area contributed by atoms with E-state index < -0.39 is 0 Å². The highest BCUT2D eigenvalue weighted by Gasteiger charge is 2.24. The van der Waals surface area contributed by atoms with Gasteiger partial charge in [-0.15, -0.1) is 0 Å². The maximum atomic E-state index is 10.7. The van der Waals surface area contributed by atoms with E-state index in [1.165, 1.54) is 0 Å². The number of nitrogens with two attached hydrogens (primary N) is 1. The third kappa shape index (κ3) is 3.15. The number of primary amides is 1. The lowest BCUT2D eigenvalue weighted by Gasteiger charge is -2.37. The van der Waals surface area contributed by atoms with Gasteiger partial charge in [0, 0.05) is 38.3 Å². The van der Waals surface area contributed by atoms with Gasteiger partial charge in [0.15, 0.2) is 0 Å². The van der Waals surface area contributed by atoms with Gasteiger partial charge in [-0.1, -0.05) is 0 Å². The zero-order valence-electron chi connectivity index (χ0n) is 9.04. The summed E-state index contributed by atoms with van der Waals surface area (Å²) in [5.74, 6) is -0.218. The average molecular weight is 212 g/mol. The van der Waals surface area contributed by atoms with Gasteiger partial charge >= 0.3 is 0 Å². The summed E-state index contributed by atoms with van der Waals surface area (Å²) in [6, 6.07) is 1.29. The van der Waals surface area contributed by atoms with Crippen LogP contribution in [0.15, 0.2) is 0 Å². The predicted octanol–water partition coefficient (Wildman–Crippen LogP) is -1.50. The Kier molecular flexibility index (Phi) is 3.56. The summed E-state index contributed by atoms with van der Waals surface area (Å²) in [4.78, 5) is 12.9. The molecule has 15 heavy (non-hydrogen) atoms. The zero-order chi connectivity index (χ0) is 10.7. The van der Waals surface area contributed by atoms with E-state index in [0.29, 0.717) is 18.6 Å². The van der Waals surface area contributed by atoms with Crippen molar-refractivity contribution in [3.05, 3.63) is 0 Å². The fourth-order valence-corrected chi connectivity index (χ4v) is 2.22. The Balaban J connectivity index is 1.64. The van der Waals surface area contributed by atoms with E-state index in [0.717, 1.165) is 39.0 Å². The van der Waals surface area contributed by atoms with E-state index in [9.17, 15) is 4.79 Å². The number of hydrogen-bond acceptors (Lipinski definition) is 4. The van der Waals surface area contributed by atoms with Gasteiger partial charge in [0.1, 0.15) is 0 Å². The van der Waals surface area contributed by atoms with Crippen LogP contribution in [0.1, 0.15) is 12.8 Å². The number of amides is 1. The lowest BCUT2D eigenvalue weighted by Crippen LogP contribution is -2.59. The van der Waals surface area contributed by atoms with Crippen LogP contribution in [0.5, 0.6) is 0 Å². The highest BCUT2D eigenvalue weighted by atomic mass is 16.1. The van der Waals surface area contributed by atoms with Crippen molar-refractivity contribution in [3.63, 3.8) is 0 Å². The average Bonchev–Trinajstić information content (AvgIpc) is 2.13. The standard InChI is InChI=1S/C10H20N4O/c11-10(15)7-14-3-1-8(2-4-14)13-9-5-12-6-9/h8-9,12-13H,1-7H2,(H2,11,15). The van der Waals surface area contributed by atoms with Crippen molar-refractivity contribution in [2.45, 2.75) is 24.9 Å². The van der Waals surface area contributed by atoms with Gasteiger partial charge < -0.3 is 16.4 Å². The number of nitrogens with one attached hydrogen (secondary N) is 2. The third-order valence-electron chi connectivity index (χ3n) is 3.22. The van der Waals surface area contributed by atoms with E-state index in [1.54, 1.807) is 0 Å². The van der Waals surface area contributed by atoms with Crippen molar-refractivity contribution in [3.8, 4) is 0 Å². The highest BCUT2D eigenvalue weighted by Crippen LogP contribution is 2.11. The first-order chi connectivity index (χ1) is 7.24. The Morgan fingerprint density at radius 1 is 1.33 bits per heavy atom. The second kappa shape index (κ2) is 4.92. The summed E-state index contributed by atoms with van der Waals surface area (Å²) in [6.07, 6.45) is 2.26. The summed E-state index contributed by atoms with van der Waals surface area (Å²) in [5, 5.41) is 6.88. The maximum Gasteiger partial charge on any atom is 0.231 e. The molecule has 5 heteroatoms. The van der Waals surface area contributed by atoms with Gasteiger partial charge in [-0.25, -0.2) is 0 Å². The highest BCUT2D eigenvalue weighted by molar-refractivity contribution is 5.75. The Labute approximate surface area is 90.4 Å². The smallest absolute Gasteiger partial charge is 0.231 e. The number of nitrogens with zero attached hydrogens (tertiary/aromatic N) is 1. The summed E-state index contributed by atoms with van der Waals surface area (Å²) < 4.78 is 0. The summed E-state index contributed by atoms with van der Waals surface area (Å²) in [6.45, 7) is 4.59. The number of piperidine rings is 1. The summed E-state index contributed by atoms with van der Waals surface area (Å²) in [7, 11) is 0. The topological polar surface area (TPSA) is 70.4 Å². The molecule has 2 saturated heterocycles. The molecule has 0 aromatic carbocycles. The van der Waals surface area contributed by atoms with Crippen LogP contribution < -0.4 is 16.4 Å². The molecule has 0 radical (unpaired) electrons. The first-order valence-corrected chi connectivity index (χ1v) is 5.71. The molecule has 0 aromatic heterocycles. The first-order valence-electron chi connectivity index (χ1n) is 5.71. The van der Waals surface area contributed by atoms with Crippen LogP contribution >= 0.6 is 0 Å². The van der Waals surface area contributed by atoms with E-state index in [2.05, 4.69) is 15.5 Å². The molecule has 2 aliphatic rings. The van der Waals surface area contributed by atoms with Gasteiger partial charge in [0.05, 0.1) is 6.54 Å². The molecule has 0 aliphatic carbocycles. The molecule has 5 nitrogen and oxygen atoms in total. The van der Waals surface area contributed by atoms with E-state index in [1.807, 2.05) is 0 Å². The van der Waals surface area contributed by atoms with Crippen molar-refractivity contribution < 1.29 is 4.79 Å². The molecule has 0 atom stereocenters. The molecule has 0 unspecified atom stereocenters. The van der Waals surface area contributed by atoms with Crippen LogP contribution in [-0.2, 0) is 4.79 Å². The maximum absolute atomic E-state index is 10.7. The van der Waals surface area contributed by atoms with Gasteiger partial charge in [0.25, 0.3) is 0 Å². The van der Waals surface area contributed by atoms with Crippen LogP contribution in [0.4, 0.5) is 0 Å². The number of carbonyl (C=O) groups excluding carboxylic acids is 1. The van der Waals surface area contributed by atoms with Crippen LogP contribution in [0.2, 0.25) is 0 Å². The second-order valence-electron chi connectivity index (χ2n) is 4.54. The van der Waals surface area contributed by atoms with Crippen molar-refractivity contribution in [1.82, 2.24) is 15.5 Å². The van der Waals surface area contributed by atoms with Crippen molar-refractivity contribution in [1.29, 1.82) is 0 Å². The molecular formula is C10H20N4O. The Bertz CT molecular complexity index is 221. The van der Waals surface area contributed by atoms with Crippen molar-refractivity contribution >= 4 is 5.91 Å². The number of hydrogen-bond donors (Lipinski definition) is 3. The Hall–Kier alpha value is -0.650. The Morgan fingerprint density at radius 3 is 2.47 bits per heavy atom. The Morgan fingerprint density at radius 2 is 2.00 bits per heavy atom. The molecule has 0 aromatic rings. The number of likely N-dealkylation sites (tertiary alicyclic amines) is 1. The fourth-order valence-electron chi connectivity index (χ4n) is 2.22. The summed E-state index contributed by atoms with van der Waals surface area (Å²) in [5.41, 5.74) is 5.16. The molecule has 0 saturated carbocycles. The van der Waals surface area contributed by atoms with Crippen LogP contribution in [0, 0.1) is 0 Å². The van der Waals surface area contributed by atoms with Crippen molar-refractivity contribution in [2.24, 2.45) is 5.73 Å². The molecule has 2 rings (SSSR count). The minimum absolute atomic E-state index is 0.218. The van der Waals surface area contributed by atoms with Gasteiger partial charge in [-0.3, -0.25) is 9.69 Å². The van der Waals surface area contributed by atoms with E-state index >= 15 is 0 Å². The van der Waals surface area contributed by atoms with E-state index in [4.69, 9.17) is 5.73 Å². The molecule has 0 spiro atoms. The first kappa shape index (κ1) is 10.9. The third-order valence-corrected chi connectivity index (χ3v) is 3.22. The fraction of sp³-hybridized carbons (Fsp3) is 0.900. The van der Waals surface area contributed by atoms with Gasteiger partial charge in [-0.2, -0.15) is 0 Å². The predicted molar refractivity (Wildman–Crippen MR) is 58.4 cm³/mol.